The average Bonchev–Trinajstić information content (AvgIpc) is 3.36. The first-order valence-electron chi connectivity index (χ1n) is 10.6. The van der Waals surface area contributed by atoms with Crippen LogP contribution in [0.3, 0.4) is 0 Å². The molecular formula is C25H27NO4. The summed E-state index contributed by atoms with van der Waals surface area (Å²) in [7, 11) is 0. The van der Waals surface area contributed by atoms with E-state index < -0.39 is 11.9 Å². The minimum atomic E-state index is -0.453. The van der Waals surface area contributed by atoms with E-state index >= 15 is 0 Å². The Morgan fingerprint density at radius 3 is 2.37 bits per heavy atom. The first kappa shape index (κ1) is 20.3. The zero-order valence-electron chi connectivity index (χ0n) is 17.4. The van der Waals surface area contributed by atoms with Crippen molar-refractivity contribution >= 4 is 23.3 Å². The lowest BCUT2D eigenvalue weighted by Gasteiger charge is -2.28. The van der Waals surface area contributed by atoms with Crippen molar-refractivity contribution < 1.29 is 19.1 Å². The molecule has 2 fully saturated rings. The number of anilines is 1. The van der Waals surface area contributed by atoms with Gasteiger partial charge in [0.2, 0.25) is 0 Å². The third kappa shape index (κ3) is 4.02. The number of ether oxygens (including phenoxy) is 1. The molecule has 0 radical (unpaired) electrons. The van der Waals surface area contributed by atoms with Crippen LogP contribution in [-0.2, 0) is 14.3 Å². The van der Waals surface area contributed by atoms with Gasteiger partial charge in [0, 0.05) is 17.2 Å². The van der Waals surface area contributed by atoms with E-state index in [0.29, 0.717) is 11.3 Å². The SMILES string of the molecule is Cc1ccc(NC(=O)COC(=O)[C@@H]2[C@H]3CC[C@@H](C3)[C@@H]2C(=O)c2ccccc2)c(C)c1. The van der Waals surface area contributed by atoms with Crippen LogP contribution >= 0.6 is 0 Å². The summed E-state index contributed by atoms with van der Waals surface area (Å²) in [6.07, 6.45) is 2.81. The van der Waals surface area contributed by atoms with Gasteiger partial charge < -0.3 is 10.1 Å². The highest BCUT2D eigenvalue weighted by molar-refractivity contribution is 6.01. The molecule has 4 atom stereocenters. The van der Waals surface area contributed by atoms with Crippen LogP contribution in [-0.4, -0.2) is 24.3 Å². The van der Waals surface area contributed by atoms with E-state index in [-0.39, 0.29) is 36.1 Å². The number of Topliss-reactive ketones (excluding diaryl/α,β-unsaturated/α-hetero) is 1. The molecule has 2 aromatic rings. The lowest BCUT2D eigenvalue weighted by molar-refractivity contribution is -0.154. The molecule has 2 aromatic carbocycles. The molecule has 2 aliphatic carbocycles. The van der Waals surface area contributed by atoms with Crippen molar-refractivity contribution in [2.24, 2.45) is 23.7 Å². The van der Waals surface area contributed by atoms with Gasteiger partial charge in [0.15, 0.2) is 12.4 Å². The first-order chi connectivity index (χ1) is 14.4. The Kier molecular flexibility index (Phi) is 5.71. The molecule has 0 saturated heterocycles. The molecule has 30 heavy (non-hydrogen) atoms. The number of fused-ring (bicyclic) bond motifs is 2. The van der Waals surface area contributed by atoms with Crippen LogP contribution in [0.4, 0.5) is 5.69 Å². The number of hydrogen-bond donors (Lipinski definition) is 1. The van der Waals surface area contributed by atoms with Crippen LogP contribution in [0.25, 0.3) is 0 Å². The van der Waals surface area contributed by atoms with Crippen LogP contribution in [0.15, 0.2) is 48.5 Å². The number of amides is 1. The van der Waals surface area contributed by atoms with Crippen LogP contribution in [0.1, 0.15) is 40.7 Å². The summed E-state index contributed by atoms with van der Waals surface area (Å²) in [4.78, 5) is 38.3. The maximum absolute atomic E-state index is 13.1. The van der Waals surface area contributed by atoms with E-state index in [2.05, 4.69) is 5.32 Å². The minimum absolute atomic E-state index is 0.0180. The third-order valence-electron chi connectivity index (χ3n) is 6.55. The van der Waals surface area contributed by atoms with E-state index in [1.165, 1.54) is 0 Å². The van der Waals surface area contributed by atoms with Crippen molar-refractivity contribution in [2.75, 3.05) is 11.9 Å². The third-order valence-corrected chi connectivity index (χ3v) is 6.55. The molecule has 0 spiro atoms. The van der Waals surface area contributed by atoms with Gasteiger partial charge in [-0.3, -0.25) is 14.4 Å². The second-order valence-corrected chi connectivity index (χ2v) is 8.59. The van der Waals surface area contributed by atoms with Crippen LogP contribution < -0.4 is 5.32 Å². The second-order valence-electron chi connectivity index (χ2n) is 8.59. The summed E-state index contributed by atoms with van der Waals surface area (Å²) in [6, 6.07) is 14.9. The maximum atomic E-state index is 13.1. The zero-order valence-corrected chi connectivity index (χ0v) is 17.4. The summed E-state index contributed by atoms with van der Waals surface area (Å²) in [5, 5.41) is 2.79. The van der Waals surface area contributed by atoms with Crippen molar-refractivity contribution in [3.8, 4) is 0 Å². The van der Waals surface area contributed by atoms with Gasteiger partial charge in [0.1, 0.15) is 0 Å². The Morgan fingerprint density at radius 1 is 0.967 bits per heavy atom. The smallest absolute Gasteiger partial charge is 0.310 e. The van der Waals surface area contributed by atoms with Gasteiger partial charge in [-0.1, -0.05) is 48.0 Å². The predicted molar refractivity (Wildman–Crippen MR) is 114 cm³/mol. The maximum Gasteiger partial charge on any atom is 0.310 e. The minimum Gasteiger partial charge on any atom is -0.455 e. The summed E-state index contributed by atoms with van der Waals surface area (Å²) >= 11 is 0. The lowest BCUT2D eigenvalue weighted by atomic mass is 9.75. The fourth-order valence-electron chi connectivity index (χ4n) is 5.18. The molecule has 1 N–H and O–H groups in total. The van der Waals surface area contributed by atoms with Gasteiger partial charge in [-0.15, -0.1) is 0 Å². The Morgan fingerprint density at radius 2 is 1.67 bits per heavy atom. The van der Waals surface area contributed by atoms with Crippen molar-refractivity contribution in [1.29, 1.82) is 0 Å². The quantitative estimate of drug-likeness (QED) is 0.573. The lowest BCUT2D eigenvalue weighted by Crippen LogP contribution is -2.37. The highest BCUT2D eigenvalue weighted by Crippen LogP contribution is 2.53. The monoisotopic (exact) mass is 405 g/mol. The Labute approximate surface area is 176 Å². The molecule has 2 aliphatic rings. The van der Waals surface area contributed by atoms with Crippen molar-refractivity contribution in [3.63, 3.8) is 0 Å². The number of carbonyl (C=O) groups excluding carboxylic acids is 3. The largest absolute Gasteiger partial charge is 0.455 e. The summed E-state index contributed by atoms with van der Waals surface area (Å²) in [6.45, 7) is 3.57. The Hall–Kier alpha value is -2.95. The normalized spacial score (nSPS) is 24.5. The molecule has 1 amide bonds. The van der Waals surface area contributed by atoms with E-state index in [0.717, 1.165) is 30.4 Å². The van der Waals surface area contributed by atoms with E-state index in [1.54, 1.807) is 12.1 Å². The van der Waals surface area contributed by atoms with E-state index in [4.69, 9.17) is 4.74 Å². The fraction of sp³-hybridized carbons (Fsp3) is 0.400. The molecule has 0 heterocycles. The topological polar surface area (TPSA) is 72.5 Å². The second kappa shape index (κ2) is 8.42. The first-order valence-corrected chi connectivity index (χ1v) is 10.6. The molecule has 0 aromatic heterocycles. The molecule has 5 heteroatoms. The molecule has 2 bridgehead atoms. The van der Waals surface area contributed by atoms with Crippen molar-refractivity contribution in [3.05, 3.63) is 65.2 Å². The Balaban J connectivity index is 1.40. The van der Waals surface area contributed by atoms with Crippen molar-refractivity contribution in [2.45, 2.75) is 33.1 Å². The predicted octanol–water partition coefficient (Wildman–Crippen LogP) is 4.33. The summed E-state index contributed by atoms with van der Waals surface area (Å²) in [5.41, 5.74) is 3.41. The van der Waals surface area contributed by atoms with E-state index in [9.17, 15) is 14.4 Å². The van der Waals surface area contributed by atoms with E-state index in [1.807, 2.05) is 50.2 Å². The summed E-state index contributed by atoms with van der Waals surface area (Å²) in [5.74, 6) is -1.18. The van der Waals surface area contributed by atoms with Gasteiger partial charge in [-0.25, -0.2) is 0 Å². The average molecular weight is 405 g/mol. The molecule has 4 rings (SSSR count). The summed E-state index contributed by atoms with van der Waals surface area (Å²) < 4.78 is 5.39. The number of rotatable bonds is 6. The van der Waals surface area contributed by atoms with Gasteiger partial charge >= 0.3 is 5.97 Å². The number of hydrogen-bond acceptors (Lipinski definition) is 4. The Bertz CT molecular complexity index is 968. The van der Waals surface area contributed by atoms with Crippen molar-refractivity contribution in [1.82, 2.24) is 0 Å². The van der Waals surface area contributed by atoms with Gasteiger partial charge in [-0.2, -0.15) is 0 Å². The molecule has 5 nitrogen and oxygen atoms in total. The number of esters is 1. The number of ketones is 1. The number of benzene rings is 2. The standard InChI is InChI=1S/C25H27NO4/c1-15-8-11-20(16(2)12-15)26-21(27)14-30-25(29)23-19-10-9-18(13-19)22(23)24(28)17-6-4-3-5-7-17/h3-8,11-12,18-19,22-23H,9-10,13-14H2,1-2H3,(H,26,27)/t18-,19-,22-,23+/m0/s1. The highest BCUT2D eigenvalue weighted by Gasteiger charge is 2.54. The zero-order chi connectivity index (χ0) is 21.3. The van der Waals surface area contributed by atoms with Gasteiger partial charge in [0.05, 0.1) is 5.92 Å². The molecule has 156 valence electrons. The van der Waals surface area contributed by atoms with Crippen LogP contribution in [0, 0.1) is 37.5 Å². The molecule has 0 unspecified atom stereocenters. The molecule has 0 aliphatic heterocycles. The van der Waals surface area contributed by atoms with Gasteiger partial charge in [0.25, 0.3) is 5.91 Å². The van der Waals surface area contributed by atoms with Gasteiger partial charge in [-0.05, 0) is 56.6 Å². The molecule has 2 saturated carbocycles. The van der Waals surface area contributed by atoms with Crippen LogP contribution in [0.2, 0.25) is 0 Å². The number of carbonyl (C=O) groups is 3. The number of nitrogens with one attached hydrogen (secondary N) is 1. The fourth-order valence-corrected chi connectivity index (χ4v) is 5.18. The highest BCUT2D eigenvalue weighted by atomic mass is 16.5. The number of aryl methyl sites for hydroxylation is 2. The molecular weight excluding hydrogens is 378 g/mol. The van der Waals surface area contributed by atoms with Crippen LogP contribution in [0.5, 0.6) is 0 Å².